The Morgan fingerprint density at radius 1 is 1.38 bits per heavy atom. The van der Waals surface area contributed by atoms with E-state index in [0.717, 1.165) is 23.8 Å². The van der Waals surface area contributed by atoms with Crippen LogP contribution in [0.5, 0.6) is 0 Å². The van der Waals surface area contributed by atoms with E-state index in [1.165, 1.54) is 9.78 Å². The fourth-order valence-corrected chi connectivity index (χ4v) is 2.51. The molecule has 1 amide bonds. The molecular formula is C13H22ClIN4OS. The van der Waals surface area contributed by atoms with Crippen molar-refractivity contribution < 1.29 is 4.79 Å². The van der Waals surface area contributed by atoms with E-state index in [9.17, 15) is 4.79 Å². The lowest BCUT2D eigenvalue weighted by molar-refractivity contribution is -0.127. The van der Waals surface area contributed by atoms with Gasteiger partial charge in [0.25, 0.3) is 0 Å². The van der Waals surface area contributed by atoms with E-state index in [4.69, 9.17) is 11.6 Å². The number of rotatable bonds is 6. The number of hydrogen-bond donors (Lipinski definition) is 2. The fraction of sp³-hybridized carbons (Fsp3) is 0.538. The first-order valence-electron chi connectivity index (χ1n) is 6.49. The highest BCUT2D eigenvalue weighted by Crippen LogP contribution is 2.21. The lowest BCUT2D eigenvalue weighted by Crippen LogP contribution is -2.39. The molecule has 0 aromatic carbocycles. The molecule has 120 valence electrons. The van der Waals surface area contributed by atoms with Crippen LogP contribution in [0.2, 0.25) is 4.34 Å². The molecule has 0 saturated carbocycles. The van der Waals surface area contributed by atoms with Crippen molar-refractivity contribution in [1.29, 1.82) is 0 Å². The third-order valence-corrected chi connectivity index (χ3v) is 3.80. The van der Waals surface area contributed by atoms with Crippen LogP contribution in [-0.4, -0.2) is 50.5 Å². The molecule has 5 nitrogen and oxygen atoms in total. The van der Waals surface area contributed by atoms with Gasteiger partial charge in [0.05, 0.1) is 4.34 Å². The number of hydrogen-bond acceptors (Lipinski definition) is 3. The van der Waals surface area contributed by atoms with E-state index in [1.807, 2.05) is 19.1 Å². The molecule has 0 aliphatic heterocycles. The van der Waals surface area contributed by atoms with E-state index >= 15 is 0 Å². The first-order valence-corrected chi connectivity index (χ1v) is 7.69. The highest BCUT2D eigenvalue weighted by Gasteiger charge is 2.04. The maximum atomic E-state index is 11.5. The third kappa shape index (κ3) is 8.47. The van der Waals surface area contributed by atoms with Gasteiger partial charge in [-0.05, 0) is 25.5 Å². The molecule has 0 aliphatic carbocycles. The van der Waals surface area contributed by atoms with Gasteiger partial charge in [-0.25, -0.2) is 4.99 Å². The Balaban J connectivity index is 0.00000400. The molecule has 1 aromatic heterocycles. The van der Waals surface area contributed by atoms with E-state index < -0.39 is 0 Å². The summed E-state index contributed by atoms with van der Waals surface area (Å²) in [7, 11) is 3.44. The van der Waals surface area contributed by atoms with Crippen LogP contribution in [0.25, 0.3) is 0 Å². The molecule has 0 radical (unpaired) electrons. The Kier molecular flexibility index (Phi) is 10.8. The molecule has 0 fully saturated rings. The Labute approximate surface area is 152 Å². The number of nitrogens with one attached hydrogen (secondary N) is 2. The lowest BCUT2D eigenvalue weighted by Gasteiger charge is -2.12. The predicted octanol–water partition coefficient (Wildman–Crippen LogP) is 2.21. The molecule has 21 heavy (non-hydrogen) atoms. The minimum absolute atomic E-state index is 0. The van der Waals surface area contributed by atoms with Crippen LogP contribution >= 0.6 is 46.9 Å². The Hall–Kier alpha value is -0.540. The summed E-state index contributed by atoms with van der Waals surface area (Å²) in [6.45, 7) is 3.64. The minimum atomic E-state index is -0.0211. The first kappa shape index (κ1) is 20.5. The molecule has 0 spiro atoms. The van der Waals surface area contributed by atoms with Crippen molar-refractivity contribution in [2.45, 2.75) is 13.3 Å². The van der Waals surface area contributed by atoms with Crippen molar-refractivity contribution in [1.82, 2.24) is 15.5 Å². The van der Waals surface area contributed by atoms with Gasteiger partial charge in [-0.15, -0.1) is 35.3 Å². The van der Waals surface area contributed by atoms with Crippen molar-refractivity contribution in [3.8, 4) is 0 Å². The summed E-state index contributed by atoms with van der Waals surface area (Å²) in [6.07, 6.45) is 0.878. The zero-order chi connectivity index (χ0) is 15.0. The maximum absolute atomic E-state index is 11.5. The Bertz CT molecular complexity index is 465. The van der Waals surface area contributed by atoms with E-state index in [-0.39, 0.29) is 36.4 Å². The lowest BCUT2D eigenvalue weighted by atomic mass is 10.3. The number of carbonyl (C=O) groups excluding carboxylic acids is 1. The van der Waals surface area contributed by atoms with Gasteiger partial charge in [0.2, 0.25) is 5.91 Å². The SMILES string of the molecule is CCNC(=NCC(=O)N(C)C)NCCc1ccc(Cl)s1.I. The number of halogens is 2. The van der Waals surface area contributed by atoms with Gasteiger partial charge in [0, 0.05) is 32.1 Å². The van der Waals surface area contributed by atoms with Crippen LogP contribution in [-0.2, 0) is 11.2 Å². The van der Waals surface area contributed by atoms with Gasteiger partial charge >= 0.3 is 0 Å². The average molecular weight is 445 g/mol. The van der Waals surface area contributed by atoms with Gasteiger partial charge in [0.1, 0.15) is 6.54 Å². The number of amides is 1. The summed E-state index contributed by atoms with van der Waals surface area (Å²) >= 11 is 7.46. The molecular weight excluding hydrogens is 423 g/mol. The number of carbonyl (C=O) groups is 1. The van der Waals surface area contributed by atoms with Crippen LogP contribution in [0.3, 0.4) is 0 Å². The Morgan fingerprint density at radius 3 is 2.62 bits per heavy atom. The average Bonchev–Trinajstić information content (AvgIpc) is 2.81. The molecule has 0 saturated heterocycles. The quantitative estimate of drug-likeness (QED) is 0.402. The van der Waals surface area contributed by atoms with Gasteiger partial charge < -0.3 is 15.5 Å². The first-order chi connectivity index (χ1) is 9.52. The number of thiophene rings is 1. The normalized spacial score (nSPS) is 10.8. The number of guanidine groups is 1. The minimum Gasteiger partial charge on any atom is -0.357 e. The number of aliphatic imine (C=N–C) groups is 1. The smallest absolute Gasteiger partial charge is 0.243 e. The van der Waals surface area contributed by atoms with Gasteiger partial charge in [-0.3, -0.25) is 4.79 Å². The molecule has 1 rings (SSSR count). The highest BCUT2D eigenvalue weighted by molar-refractivity contribution is 14.0. The van der Waals surface area contributed by atoms with Crippen LogP contribution in [0.4, 0.5) is 0 Å². The molecule has 0 unspecified atom stereocenters. The monoisotopic (exact) mass is 444 g/mol. The van der Waals surface area contributed by atoms with Gasteiger partial charge in [0.15, 0.2) is 5.96 Å². The summed E-state index contributed by atoms with van der Waals surface area (Å²) in [5, 5.41) is 6.32. The van der Waals surface area contributed by atoms with Crippen LogP contribution < -0.4 is 10.6 Å². The van der Waals surface area contributed by atoms with Crippen molar-refractivity contribution in [2.24, 2.45) is 4.99 Å². The van der Waals surface area contributed by atoms with Crippen molar-refractivity contribution in [3.05, 3.63) is 21.3 Å². The molecule has 0 atom stereocenters. The van der Waals surface area contributed by atoms with Crippen LogP contribution in [0, 0.1) is 0 Å². The summed E-state index contributed by atoms with van der Waals surface area (Å²) in [6, 6.07) is 3.92. The van der Waals surface area contributed by atoms with Crippen molar-refractivity contribution in [2.75, 3.05) is 33.7 Å². The van der Waals surface area contributed by atoms with Gasteiger partial charge in [-0.2, -0.15) is 0 Å². The third-order valence-electron chi connectivity index (χ3n) is 2.51. The van der Waals surface area contributed by atoms with E-state index in [0.29, 0.717) is 5.96 Å². The molecule has 0 aliphatic rings. The second-order valence-electron chi connectivity index (χ2n) is 4.37. The highest BCUT2D eigenvalue weighted by atomic mass is 127. The van der Waals surface area contributed by atoms with Crippen LogP contribution in [0.15, 0.2) is 17.1 Å². The molecule has 0 bridgehead atoms. The number of likely N-dealkylation sites (N-methyl/N-ethyl adjacent to an activating group) is 1. The molecule has 8 heteroatoms. The summed E-state index contributed by atoms with van der Waals surface area (Å²) < 4.78 is 0.803. The summed E-state index contributed by atoms with van der Waals surface area (Å²) in [5.41, 5.74) is 0. The van der Waals surface area contributed by atoms with E-state index in [2.05, 4.69) is 15.6 Å². The topological polar surface area (TPSA) is 56.7 Å². The maximum Gasteiger partial charge on any atom is 0.243 e. The summed E-state index contributed by atoms with van der Waals surface area (Å²) in [4.78, 5) is 18.5. The van der Waals surface area contributed by atoms with Crippen LogP contribution in [0.1, 0.15) is 11.8 Å². The van der Waals surface area contributed by atoms with Crippen molar-refractivity contribution in [3.63, 3.8) is 0 Å². The zero-order valence-electron chi connectivity index (χ0n) is 12.5. The number of nitrogens with zero attached hydrogens (tertiary/aromatic N) is 2. The fourth-order valence-electron chi connectivity index (χ4n) is 1.42. The second-order valence-corrected chi connectivity index (χ2v) is 6.17. The summed E-state index contributed by atoms with van der Waals surface area (Å²) in [5.74, 6) is 0.637. The largest absolute Gasteiger partial charge is 0.357 e. The zero-order valence-corrected chi connectivity index (χ0v) is 16.4. The standard InChI is InChI=1S/C13H21ClN4OS.HI/c1-4-15-13(17-9-12(19)18(2)3)16-8-7-10-5-6-11(14)20-10;/h5-6H,4,7-9H2,1-3H3,(H2,15,16,17);1H. The molecule has 1 aromatic rings. The molecule has 2 N–H and O–H groups in total. The van der Waals surface area contributed by atoms with Gasteiger partial charge in [-0.1, -0.05) is 11.6 Å². The van der Waals surface area contributed by atoms with E-state index in [1.54, 1.807) is 25.4 Å². The second kappa shape index (κ2) is 11.1. The molecule has 1 heterocycles. The Morgan fingerprint density at radius 2 is 2.10 bits per heavy atom. The van der Waals surface area contributed by atoms with Crippen molar-refractivity contribution >= 4 is 58.8 Å². The predicted molar refractivity (Wildman–Crippen MR) is 101 cm³/mol.